The SMILES string of the molecule is CC[C@H]1CC[C@H]([C@H]2CC[C@H](Br)CC2)CC1. The van der Waals surface area contributed by atoms with Gasteiger partial charge in [0.25, 0.3) is 0 Å². The number of halogens is 1. The smallest absolute Gasteiger partial charge is 0.0146 e. The normalized spacial score (nSPS) is 42.8. The first kappa shape index (κ1) is 12.0. The maximum atomic E-state index is 3.76. The minimum atomic E-state index is 0.834. The third-order valence-electron chi connectivity index (χ3n) is 4.84. The lowest BCUT2D eigenvalue weighted by Crippen LogP contribution is -2.25. The van der Waals surface area contributed by atoms with Crippen LogP contribution >= 0.6 is 15.9 Å². The molecule has 0 unspecified atom stereocenters. The van der Waals surface area contributed by atoms with Crippen molar-refractivity contribution in [2.24, 2.45) is 17.8 Å². The Morgan fingerprint density at radius 2 is 1.27 bits per heavy atom. The van der Waals surface area contributed by atoms with Gasteiger partial charge in [0.15, 0.2) is 0 Å². The van der Waals surface area contributed by atoms with E-state index in [0.29, 0.717) is 0 Å². The Labute approximate surface area is 103 Å². The number of alkyl halides is 1. The number of hydrogen-bond acceptors (Lipinski definition) is 0. The molecule has 15 heavy (non-hydrogen) atoms. The summed E-state index contributed by atoms with van der Waals surface area (Å²) in [6, 6.07) is 0. The van der Waals surface area contributed by atoms with Crippen LogP contribution in [0.25, 0.3) is 0 Å². The summed E-state index contributed by atoms with van der Waals surface area (Å²) in [5.74, 6) is 3.23. The Morgan fingerprint density at radius 3 is 1.73 bits per heavy atom. The van der Waals surface area contributed by atoms with Gasteiger partial charge in [-0.2, -0.15) is 0 Å². The van der Waals surface area contributed by atoms with Gasteiger partial charge in [-0.25, -0.2) is 0 Å². The molecule has 2 saturated carbocycles. The second-order valence-corrected chi connectivity index (χ2v) is 7.00. The van der Waals surface area contributed by atoms with Gasteiger partial charge >= 0.3 is 0 Å². The van der Waals surface area contributed by atoms with E-state index in [9.17, 15) is 0 Å². The Kier molecular flexibility index (Phi) is 4.54. The Hall–Kier alpha value is 0.480. The van der Waals surface area contributed by atoms with E-state index in [-0.39, 0.29) is 0 Å². The van der Waals surface area contributed by atoms with Crippen molar-refractivity contribution >= 4 is 15.9 Å². The first-order valence-electron chi connectivity index (χ1n) is 6.93. The molecular formula is C14H25Br. The quantitative estimate of drug-likeness (QED) is 0.610. The lowest BCUT2D eigenvalue weighted by atomic mass is 9.70. The van der Waals surface area contributed by atoms with Crippen molar-refractivity contribution in [2.75, 3.05) is 0 Å². The topological polar surface area (TPSA) is 0 Å². The zero-order valence-electron chi connectivity index (χ0n) is 10.1. The van der Waals surface area contributed by atoms with Gasteiger partial charge < -0.3 is 0 Å². The van der Waals surface area contributed by atoms with Crippen LogP contribution in [0.4, 0.5) is 0 Å². The van der Waals surface area contributed by atoms with E-state index in [1.807, 2.05) is 0 Å². The second kappa shape index (κ2) is 5.70. The van der Waals surface area contributed by atoms with E-state index >= 15 is 0 Å². The molecule has 0 heterocycles. The molecule has 0 amide bonds. The van der Waals surface area contributed by atoms with Gasteiger partial charge in [0.05, 0.1) is 0 Å². The molecule has 0 nitrogen and oxygen atoms in total. The van der Waals surface area contributed by atoms with E-state index in [1.54, 1.807) is 0 Å². The van der Waals surface area contributed by atoms with Crippen LogP contribution in [0.15, 0.2) is 0 Å². The van der Waals surface area contributed by atoms with Gasteiger partial charge in [-0.1, -0.05) is 42.1 Å². The monoisotopic (exact) mass is 272 g/mol. The standard InChI is InChI=1S/C14H25Br/c1-2-11-3-5-12(6-4-11)13-7-9-14(15)10-8-13/h11-14H,2-10H2,1H3/t11-,12-,13-,14-. The van der Waals surface area contributed by atoms with Gasteiger partial charge in [0, 0.05) is 4.83 Å². The highest BCUT2D eigenvalue weighted by Crippen LogP contribution is 2.41. The molecule has 0 aromatic carbocycles. The predicted molar refractivity (Wildman–Crippen MR) is 70.4 cm³/mol. The van der Waals surface area contributed by atoms with E-state index in [2.05, 4.69) is 22.9 Å². The fourth-order valence-electron chi connectivity index (χ4n) is 3.62. The summed E-state index contributed by atoms with van der Waals surface area (Å²) in [5, 5.41) is 0. The lowest BCUT2D eigenvalue weighted by Gasteiger charge is -2.36. The molecule has 2 rings (SSSR count). The fraction of sp³-hybridized carbons (Fsp3) is 1.00. The molecule has 0 atom stereocenters. The van der Waals surface area contributed by atoms with Gasteiger partial charge in [-0.05, 0) is 56.3 Å². The Morgan fingerprint density at radius 1 is 0.800 bits per heavy atom. The Bertz CT molecular complexity index is 174. The molecular weight excluding hydrogens is 248 g/mol. The van der Waals surface area contributed by atoms with Crippen LogP contribution in [-0.4, -0.2) is 4.83 Å². The number of hydrogen-bond donors (Lipinski definition) is 0. The van der Waals surface area contributed by atoms with Crippen molar-refractivity contribution < 1.29 is 0 Å². The summed E-state index contributed by atoms with van der Waals surface area (Å²) < 4.78 is 0. The zero-order valence-corrected chi connectivity index (χ0v) is 11.6. The van der Waals surface area contributed by atoms with Crippen molar-refractivity contribution in [3.63, 3.8) is 0 Å². The highest BCUT2D eigenvalue weighted by Gasteiger charge is 2.29. The predicted octanol–water partition coefficient (Wildman–Crippen LogP) is 5.16. The van der Waals surface area contributed by atoms with Crippen LogP contribution in [0.5, 0.6) is 0 Å². The molecule has 0 bridgehead atoms. The van der Waals surface area contributed by atoms with Crippen LogP contribution in [0, 0.1) is 17.8 Å². The molecule has 0 N–H and O–H groups in total. The molecule has 2 aliphatic carbocycles. The third-order valence-corrected chi connectivity index (χ3v) is 5.75. The molecule has 0 radical (unpaired) electrons. The lowest BCUT2D eigenvalue weighted by molar-refractivity contribution is 0.168. The minimum absolute atomic E-state index is 0.834. The molecule has 0 aromatic rings. The summed E-state index contributed by atoms with van der Waals surface area (Å²) in [5.41, 5.74) is 0. The summed E-state index contributed by atoms with van der Waals surface area (Å²) in [6.45, 7) is 2.36. The number of rotatable bonds is 2. The zero-order chi connectivity index (χ0) is 10.7. The van der Waals surface area contributed by atoms with Gasteiger partial charge in [0.2, 0.25) is 0 Å². The van der Waals surface area contributed by atoms with Crippen molar-refractivity contribution in [1.29, 1.82) is 0 Å². The molecule has 0 spiro atoms. The molecule has 0 aromatic heterocycles. The summed E-state index contributed by atoms with van der Waals surface area (Å²) >= 11 is 3.76. The third kappa shape index (κ3) is 3.22. The largest absolute Gasteiger partial charge is 0.0891 e. The maximum absolute atomic E-state index is 3.76. The van der Waals surface area contributed by atoms with Crippen LogP contribution in [0.1, 0.15) is 64.7 Å². The van der Waals surface area contributed by atoms with Crippen molar-refractivity contribution in [3.05, 3.63) is 0 Å². The van der Waals surface area contributed by atoms with Crippen LogP contribution in [0.2, 0.25) is 0 Å². The highest BCUT2D eigenvalue weighted by molar-refractivity contribution is 9.09. The summed E-state index contributed by atoms with van der Waals surface area (Å²) in [4.78, 5) is 0.834. The van der Waals surface area contributed by atoms with Crippen LogP contribution < -0.4 is 0 Å². The fourth-order valence-corrected chi connectivity index (χ4v) is 4.15. The highest BCUT2D eigenvalue weighted by atomic mass is 79.9. The minimum Gasteiger partial charge on any atom is -0.0891 e. The van der Waals surface area contributed by atoms with E-state index in [1.165, 1.54) is 57.8 Å². The van der Waals surface area contributed by atoms with E-state index in [4.69, 9.17) is 0 Å². The average molecular weight is 273 g/mol. The average Bonchev–Trinajstić information content (AvgIpc) is 2.30. The van der Waals surface area contributed by atoms with Crippen LogP contribution in [0.3, 0.4) is 0 Å². The van der Waals surface area contributed by atoms with E-state index < -0.39 is 0 Å². The molecule has 0 saturated heterocycles. The van der Waals surface area contributed by atoms with Crippen molar-refractivity contribution in [3.8, 4) is 0 Å². The molecule has 88 valence electrons. The van der Waals surface area contributed by atoms with E-state index in [0.717, 1.165) is 22.6 Å². The molecule has 0 aliphatic heterocycles. The molecule has 1 heteroatoms. The van der Waals surface area contributed by atoms with Crippen LogP contribution in [-0.2, 0) is 0 Å². The van der Waals surface area contributed by atoms with Crippen molar-refractivity contribution in [1.82, 2.24) is 0 Å². The first-order valence-corrected chi connectivity index (χ1v) is 7.85. The molecule has 2 fully saturated rings. The van der Waals surface area contributed by atoms with Gasteiger partial charge in [0.1, 0.15) is 0 Å². The van der Waals surface area contributed by atoms with Gasteiger partial charge in [-0.15, -0.1) is 0 Å². The Balaban J connectivity index is 1.75. The van der Waals surface area contributed by atoms with Crippen molar-refractivity contribution in [2.45, 2.75) is 69.5 Å². The molecule has 2 aliphatic rings. The second-order valence-electron chi connectivity index (χ2n) is 5.70. The summed E-state index contributed by atoms with van der Waals surface area (Å²) in [6.07, 6.45) is 13.4. The first-order chi connectivity index (χ1) is 7.29. The van der Waals surface area contributed by atoms with Gasteiger partial charge in [-0.3, -0.25) is 0 Å². The maximum Gasteiger partial charge on any atom is 0.0146 e. The summed E-state index contributed by atoms with van der Waals surface area (Å²) in [7, 11) is 0.